The monoisotopic (exact) mass is 356 g/mol. The molecule has 0 bridgehead atoms. The molecule has 1 saturated heterocycles. The fourth-order valence-corrected chi connectivity index (χ4v) is 3.91. The molecule has 3 rings (SSSR count). The lowest BCUT2D eigenvalue weighted by Gasteiger charge is -2.40. The third-order valence-electron chi connectivity index (χ3n) is 5.11. The van der Waals surface area contributed by atoms with Gasteiger partial charge in [0.15, 0.2) is 0 Å². The summed E-state index contributed by atoms with van der Waals surface area (Å²) in [6, 6.07) is 8.60. The predicted octanol–water partition coefficient (Wildman–Crippen LogP) is 2.88. The van der Waals surface area contributed by atoms with Crippen molar-refractivity contribution in [1.29, 1.82) is 0 Å². The van der Waals surface area contributed by atoms with Crippen LogP contribution in [0.25, 0.3) is 5.69 Å². The quantitative estimate of drug-likeness (QED) is 0.864. The van der Waals surface area contributed by atoms with Gasteiger partial charge in [-0.3, -0.25) is 4.90 Å². The van der Waals surface area contributed by atoms with Gasteiger partial charge in [0.05, 0.1) is 17.5 Å². The maximum atomic E-state index is 10.8. The number of rotatable bonds is 6. The van der Waals surface area contributed by atoms with Crippen molar-refractivity contribution in [3.8, 4) is 5.69 Å². The van der Waals surface area contributed by atoms with Gasteiger partial charge >= 0.3 is 0 Å². The second-order valence-electron chi connectivity index (χ2n) is 8.32. The summed E-state index contributed by atoms with van der Waals surface area (Å²) in [6.07, 6.45) is 5.96. The van der Waals surface area contributed by atoms with E-state index in [1.54, 1.807) is 0 Å². The molecule has 1 N–H and O–H groups in total. The molecule has 2 aromatic rings. The Balaban J connectivity index is 1.64. The number of β-amino-alcohol motifs (C(OH)–C–C–N with tert-alkyl or cyclic N) is 1. The van der Waals surface area contributed by atoms with E-state index in [1.165, 1.54) is 11.1 Å². The van der Waals surface area contributed by atoms with Gasteiger partial charge in [0, 0.05) is 31.4 Å². The Morgan fingerprint density at radius 3 is 2.62 bits per heavy atom. The minimum atomic E-state index is -0.607. The van der Waals surface area contributed by atoms with Crippen LogP contribution < -0.4 is 0 Å². The Morgan fingerprint density at radius 2 is 1.96 bits per heavy atom. The van der Waals surface area contributed by atoms with Crippen LogP contribution in [-0.2, 0) is 6.54 Å². The molecule has 1 aromatic heterocycles. The lowest BCUT2D eigenvalue weighted by Crippen LogP contribution is -2.52. The minimum absolute atomic E-state index is 0.539. The number of benzene rings is 1. The van der Waals surface area contributed by atoms with Crippen LogP contribution in [0.2, 0.25) is 0 Å². The molecule has 1 fully saturated rings. The second kappa shape index (κ2) is 7.91. The van der Waals surface area contributed by atoms with E-state index >= 15 is 0 Å². The maximum absolute atomic E-state index is 10.8. The Morgan fingerprint density at radius 1 is 1.23 bits per heavy atom. The highest BCUT2D eigenvalue weighted by molar-refractivity contribution is 5.35. The second-order valence-corrected chi connectivity index (χ2v) is 8.32. The summed E-state index contributed by atoms with van der Waals surface area (Å²) in [5.74, 6) is 0.539. The molecule has 2 heterocycles. The highest BCUT2D eigenvalue weighted by Gasteiger charge is 2.33. The number of aliphatic hydroxyl groups is 1. The van der Waals surface area contributed by atoms with Gasteiger partial charge in [-0.05, 0) is 57.1 Å². The number of hydrogen-bond donors (Lipinski definition) is 1. The number of likely N-dealkylation sites (N-methyl/N-ethyl adjacent to an activating group) is 1. The minimum Gasteiger partial charge on any atom is -0.387 e. The molecule has 142 valence electrons. The van der Waals surface area contributed by atoms with Crippen molar-refractivity contribution in [2.45, 2.75) is 44.8 Å². The maximum Gasteiger partial charge on any atom is 0.0900 e. The molecule has 1 aliphatic rings. The Hall–Kier alpha value is -1.69. The third kappa shape index (κ3) is 4.72. The van der Waals surface area contributed by atoms with Crippen molar-refractivity contribution in [3.05, 3.63) is 47.8 Å². The molecule has 0 unspecified atom stereocenters. The first-order valence-corrected chi connectivity index (χ1v) is 9.58. The van der Waals surface area contributed by atoms with E-state index in [4.69, 9.17) is 0 Å². The van der Waals surface area contributed by atoms with Crippen LogP contribution in [0.1, 0.15) is 43.7 Å². The Kier molecular flexibility index (Phi) is 5.80. The SMILES string of the molecule is CC(C)c1ccc(-n2cc(CN3CCC[C@@](O)(CN(C)C)C3)cn2)cc1. The summed E-state index contributed by atoms with van der Waals surface area (Å²) in [4.78, 5) is 4.42. The fraction of sp³-hybridized carbons (Fsp3) is 0.571. The smallest absolute Gasteiger partial charge is 0.0900 e. The third-order valence-corrected chi connectivity index (χ3v) is 5.11. The first-order valence-electron chi connectivity index (χ1n) is 9.58. The molecular weight excluding hydrogens is 324 g/mol. The molecule has 26 heavy (non-hydrogen) atoms. The average Bonchev–Trinajstić information content (AvgIpc) is 3.02. The summed E-state index contributed by atoms with van der Waals surface area (Å²) in [5.41, 5.74) is 3.01. The van der Waals surface area contributed by atoms with Crippen LogP contribution in [0.15, 0.2) is 36.7 Å². The largest absolute Gasteiger partial charge is 0.387 e. The van der Waals surface area contributed by atoms with E-state index in [0.29, 0.717) is 12.5 Å². The number of piperidine rings is 1. The Labute approximate surface area is 157 Å². The first-order chi connectivity index (χ1) is 12.3. The van der Waals surface area contributed by atoms with E-state index in [1.807, 2.05) is 25.0 Å². The molecule has 0 radical (unpaired) electrons. The zero-order chi connectivity index (χ0) is 18.7. The molecule has 5 heteroatoms. The first kappa shape index (κ1) is 19.1. The lowest BCUT2D eigenvalue weighted by atomic mass is 9.92. The molecule has 0 aliphatic carbocycles. The predicted molar refractivity (Wildman–Crippen MR) is 106 cm³/mol. The average molecular weight is 357 g/mol. The van der Waals surface area contributed by atoms with E-state index in [2.05, 4.69) is 59.2 Å². The van der Waals surface area contributed by atoms with Gasteiger partial charge < -0.3 is 10.0 Å². The van der Waals surface area contributed by atoms with Gasteiger partial charge in [-0.25, -0.2) is 4.68 Å². The molecule has 1 aromatic carbocycles. The van der Waals surface area contributed by atoms with Crippen molar-refractivity contribution in [2.75, 3.05) is 33.7 Å². The summed E-state index contributed by atoms with van der Waals surface area (Å²) >= 11 is 0. The van der Waals surface area contributed by atoms with Crippen LogP contribution in [0, 0.1) is 0 Å². The molecule has 5 nitrogen and oxygen atoms in total. The summed E-state index contributed by atoms with van der Waals surface area (Å²) in [7, 11) is 4.04. The van der Waals surface area contributed by atoms with Crippen LogP contribution in [0.3, 0.4) is 0 Å². The molecule has 1 atom stereocenters. The molecule has 0 saturated carbocycles. The Bertz CT molecular complexity index is 707. The molecule has 0 spiro atoms. The van der Waals surface area contributed by atoms with Gasteiger partial charge in [0.1, 0.15) is 0 Å². The van der Waals surface area contributed by atoms with E-state index in [0.717, 1.165) is 38.2 Å². The summed E-state index contributed by atoms with van der Waals surface area (Å²) < 4.78 is 1.94. The zero-order valence-electron chi connectivity index (χ0n) is 16.5. The highest BCUT2D eigenvalue weighted by Crippen LogP contribution is 2.23. The van der Waals surface area contributed by atoms with Crippen LogP contribution >= 0.6 is 0 Å². The van der Waals surface area contributed by atoms with Gasteiger partial charge in [-0.15, -0.1) is 0 Å². The van der Waals surface area contributed by atoms with Gasteiger partial charge in [-0.1, -0.05) is 26.0 Å². The number of hydrogen-bond acceptors (Lipinski definition) is 4. The van der Waals surface area contributed by atoms with Crippen molar-refractivity contribution in [1.82, 2.24) is 19.6 Å². The van der Waals surface area contributed by atoms with E-state index in [9.17, 15) is 5.11 Å². The van der Waals surface area contributed by atoms with Gasteiger partial charge in [-0.2, -0.15) is 5.10 Å². The lowest BCUT2D eigenvalue weighted by molar-refractivity contribution is -0.0479. The number of nitrogens with zero attached hydrogens (tertiary/aromatic N) is 4. The van der Waals surface area contributed by atoms with Crippen molar-refractivity contribution in [3.63, 3.8) is 0 Å². The van der Waals surface area contributed by atoms with Crippen molar-refractivity contribution >= 4 is 0 Å². The van der Waals surface area contributed by atoms with Crippen LogP contribution in [0.5, 0.6) is 0 Å². The van der Waals surface area contributed by atoms with Crippen molar-refractivity contribution < 1.29 is 5.11 Å². The zero-order valence-corrected chi connectivity index (χ0v) is 16.5. The molecular formula is C21H32N4O. The van der Waals surface area contributed by atoms with E-state index < -0.39 is 5.60 Å². The fourth-order valence-electron chi connectivity index (χ4n) is 3.91. The summed E-state index contributed by atoms with van der Waals surface area (Å²) in [5, 5.41) is 15.4. The van der Waals surface area contributed by atoms with Crippen LogP contribution in [0.4, 0.5) is 0 Å². The molecule has 0 amide bonds. The van der Waals surface area contributed by atoms with Crippen LogP contribution in [-0.4, -0.2) is 64.0 Å². The summed E-state index contributed by atoms with van der Waals surface area (Å²) in [6.45, 7) is 7.71. The van der Waals surface area contributed by atoms with E-state index in [-0.39, 0.29) is 0 Å². The standard InChI is InChI=1S/C21H32N4O/c1-17(2)19-6-8-20(9-7-19)25-14-18(12-22-25)13-24-11-5-10-21(26,16-24)15-23(3)4/h6-9,12,14,17,26H,5,10-11,13,15-16H2,1-4H3/t21-/m1/s1. The van der Waals surface area contributed by atoms with Crippen molar-refractivity contribution in [2.24, 2.45) is 0 Å². The topological polar surface area (TPSA) is 44.5 Å². The van der Waals surface area contributed by atoms with Gasteiger partial charge in [0.25, 0.3) is 0 Å². The van der Waals surface area contributed by atoms with Gasteiger partial charge in [0.2, 0.25) is 0 Å². The number of likely N-dealkylation sites (tertiary alicyclic amines) is 1. The number of aromatic nitrogens is 2. The highest BCUT2D eigenvalue weighted by atomic mass is 16.3. The normalized spacial score (nSPS) is 21.7. The molecule has 1 aliphatic heterocycles.